The molecule has 0 radical (unpaired) electrons. The van der Waals surface area contributed by atoms with Gasteiger partial charge >= 0.3 is 0 Å². The summed E-state index contributed by atoms with van der Waals surface area (Å²) in [4.78, 5) is 13.3. The van der Waals surface area contributed by atoms with Crippen LogP contribution in [-0.2, 0) is 16.4 Å². The van der Waals surface area contributed by atoms with Gasteiger partial charge in [-0.05, 0) is 66.8 Å². The number of rotatable bonds is 6. The molecular weight excluding hydrogens is 380 g/mol. The second kappa shape index (κ2) is 7.94. The fourth-order valence-electron chi connectivity index (χ4n) is 2.55. The Morgan fingerprint density at radius 3 is 2.22 bits per heavy atom. The lowest BCUT2D eigenvalue weighted by molar-refractivity contribution is 0.103. The quantitative estimate of drug-likeness (QED) is 0.631. The number of carbonyl (C=O) groups is 1. The molecule has 2 N–H and O–H groups in total. The third-order valence-corrected chi connectivity index (χ3v) is 6.41. The van der Waals surface area contributed by atoms with Crippen LogP contribution in [0.2, 0.25) is 0 Å². The van der Waals surface area contributed by atoms with Crippen LogP contribution in [0.3, 0.4) is 0 Å². The molecule has 0 spiro atoms. The van der Waals surface area contributed by atoms with Gasteiger partial charge in [0.25, 0.3) is 15.9 Å². The maximum absolute atomic E-state index is 12.4. The van der Waals surface area contributed by atoms with Gasteiger partial charge < -0.3 is 5.32 Å². The molecule has 140 valence electrons. The van der Waals surface area contributed by atoms with Crippen molar-refractivity contribution in [1.82, 2.24) is 0 Å². The van der Waals surface area contributed by atoms with E-state index in [1.807, 2.05) is 25.3 Å². The highest BCUT2D eigenvalue weighted by atomic mass is 32.2. The number of aryl methyl sites for hydroxylation is 2. The van der Waals surface area contributed by atoms with Gasteiger partial charge in [0, 0.05) is 11.4 Å². The van der Waals surface area contributed by atoms with E-state index in [9.17, 15) is 13.2 Å². The lowest BCUT2D eigenvalue weighted by Crippen LogP contribution is -2.14. The predicted octanol–water partition coefficient (Wildman–Crippen LogP) is 4.67. The van der Waals surface area contributed by atoms with Crippen LogP contribution in [0.4, 0.5) is 11.4 Å². The monoisotopic (exact) mass is 400 g/mol. The number of thiophene rings is 1. The minimum atomic E-state index is -3.65. The van der Waals surface area contributed by atoms with Gasteiger partial charge in [-0.25, -0.2) is 8.42 Å². The van der Waals surface area contributed by atoms with E-state index in [1.165, 1.54) is 11.3 Å². The highest BCUT2D eigenvalue weighted by Gasteiger charge is 2.15. The molecular formula is C20H20N2O3S2. The zero-order valence-electron chi connectivity index (χ0n) is 15.0. The van der Waals surface area contributed by atoms with Crippen LogP contribution in [0, 0.1) is 6.92 Å². The van der Waals surface area contributed by atoms with Gasteiger partial charge in [-0.2, -0.15) is 0 Å². The molecule has 1 heterocycles. The minimum absolute atomic E-state index is 0.158. The zero-order valence-corrected chi connectivity index (χ0v) is 16.7. The highest BCUT2D eigenvalue weighted by molar-refractivity contribution is 7.92. The summed E-state index contributed by atoms with van der Waals surface area (Å²) in [6, 6.07) is 15.2. The summed E-state index contributed by atoms with van der Waals surface area (Å²) in [6.45, 7) is 3.91. The molecule has 2 aromatic carbocycles. The van der Waals surface area contributed by atoms with Gasteiger partial charge in [-0.15, -0.1) is 11.3 Å². The van der Waals surface area contributed by atoms with Crippen LogP contribution >= 0.6 is 11.3 Å². The van der Waals surface area contributed by atoms with Crippen molar-refractivity contribution in [3.63, 3.8) is 0 Å². The average molecular weight is 401 g/mol. The maximum atomic E-state index is 12.4. The molecule has 1 amide bonds. The Morgan fingerprint density at radius 2 is 1.59 bits per heavy atom. The molecule has 0 aliphatic rings. The smallest absolute Gasteiger partial charge is 0.266 e. The van der Waals surface area contributed by atoms with E-state index in [1.54, 1.807) is 48.5 Å². The van der Waals surface area contributed by atoms with Crippen LogP contribution in [-0.4, -0.2) is 14.3 Å². The number of amides is 1. The van der Waals surface area contributed by atoms with Crippen molar-refractivity contribution in [3.05, 3.63) is 76.0 Å². The standard InChI is InChI=1S/C20H20N2O3S2/c1-3-15-12-13-26-19(15)20(23)21-16-6-8-17(9-7-16)22-27(24,25)18-10-4-14(2)5-11-18/h4-13,22H,3H2,1-2H3,(H,21,23). The molecule has 0 fully saturated rings. The van der Waals surface area contributed by atoms with Crippen molar-refractivity contribution in [3.8, 4) is 0 Å². The second-order valence-electron chi connectivity index (χ2n) is 6.08. The third-order valence-electron chi connectivity index (χ3n) is 4.06. The number of nitrogens with one attached hydrogen (secondary N) is 2. The van der Waals surface area contributed by atoms with Gasteiger partial charge in [0.2, 0.25) is 0 Å². The second-order valence-corrected chi connectivity index (χ2v) is 8.68. The van der Waals surface area contributed by atoms with Crippen LogP contribution in [0.5, 0.6) is 0 Å². The molecule has 3 rings (SSSR count). The molecule has 0 unspecified atom stereocenters. The molecule has 0 saturated heterocycles. The van der Waals surface area contributed by atoms with Gasteiger partial charge in [-0.1, -0.05) is 24.6 Å². The third kappa shape index (κ3) is 4.56. The fraction of sp³-hybridized carbons (Fsp3) is 0.150. The van der Waals surface area contributed by atoms with Gasteiger partial charge in [0.1, 0.15) is 0 Å². The Bertz CT molecular complexity index is 1040. The fourth-order valence-corrected chi connectivity index (χ4v) is 4.50. The number of sulfonamides is 1. The molecule has 0 saturated carbocycles. The number of carbonyl (C=O) groups excluding carboxylic acids is 1. The maximum Gasteiger partial charge on any atom is 0.266 e. The number of benzene rings is 2. The molecule has 0 aliphatic carbocycles. The highest BCUT2D eigenvalue weighted by Crippen LogP contribution is 2.22. The molecule has 27 heavy (non-hydrogen) atoms. The molecule has 5 nitrogen and oxygen atoms in total. The molecule has 7 heteroatoms. The van der Waals surface area contributed by atoms with Crippen LogP contribution in [0.1, 0.15) is 27.7 Å². The Balaban J connectivity index is 1.70. The summed E-state index contributed by atoms with van der Waals surface area (Å²) in [5.41, 5.74) is 3.04. The van der Waals surface area contributed by atoms with Crippen molar-refractivity contribution >= 4 is 38.6 Å². The summed E-state index contributed by atoms with van der Waals surface area (Å²) < 4.78 is 27.4. The van der Waals surface area contributed by atoms with Crippen molar-refractivity contribution in [1.29, 1.82) is 0 Å². The first-order valence-corrected chi connectivity index (χ1v) is 10.8. The first-order valence-electron chi connectivity index (χ1n) is 8.46. The first kappa shape index (κ1) is 19.1. The predicted molar refractivity (Wildman–Crippen MR) is 110 cm³/mol. The Labute approximate surface area is 163 Å². The molecule has 1 aromatic heterocycles. The molecule has 0 bridgehead atoms. The van der Waals surface area contributed by atoms with Gasteiger partial charge in [-0.3, -0.25) is 9.52 Å². The first-order chi connectivity index (χ1) is 12.9. The summed E-state index contributed by atoms with van der Waals surface area (Å²) in [7, 11) is -3.65. The van der Waals surface area contributed by atoms with E-state index in [0.717, 1.165) is 17.5 Å². The number of hydrogen-bond donors (Lipinski definition) is 2. The molecule has 0 atom stereocenters. The van der Waals surface area contributed by atoms with Crippen molar-refractivity contribution in [2.24, 2.45) is 0 Å². The van der Waals surface area contributed by atoms with E-state index in [-0.39, 0.29) is 10.8 Å². The van der Waals surface area contributed by atoms with Gasteiger partial charge in [0.15, 0.2) is 0 Å². The van der Waals surface area contributed by atoms with Crippen molar-refractivity contribution in [2.45, 2.75) is 25.2 Å². The number of hydrogen-bond acceptors (Lipinski definition) is 4. The largest absolute Gasteiger partial charge is 0.321 e. The van der Waals surface area contributed by atoms with E-state index in [0.29, 0.717) is 16.3 Å². The summed E-state index contributed by atoms with van der Waals surface area (Å²) in [5, 5.41) is 4.74. The Kier molecular flexibility index (Phi) is 5.62. The van der Waals surface area contributed by atoms with Crippen LogP contribution in [0.25, 0.3) is 0 Å². The minimum Gasteiger partial charge on any atom is -0.321 e. The summed E-state index contributed by atoms with van der Waals surface area (Å²) in [5.74, 6) is -0.158. The summed E-state index contributed by atoms with van der Waals surface area (Å²) >= 11 is 1.41. The lowest BCUT2D eigenvalue weighted by atomic mass is 10.2. The molecule has 0 aliphatic heterocycles. The SMILES string of the molecule is CCc1ccsc1C(=O)Nc1ccc(NS(=O)(=O)c2ccc(C)cc2)cc1. The van der Waals surface area contributed by atoms with E-state index in [4.69, 9.17) is 0 Å². The van der Waals surface area contributed by atoms with Crippen LogP contribution < -0.4 is 10.0 Å². The lowest BCUT2D eigenvalue weighted by Gasteiger charge is -2.10. The van der Waals surface area contributed by atoms with Crippen LogP contribution in [0.15, 0.2) is 64.9 Å². The molecule has 3 aromatic rings. The number of anilines is 2. The Morgan fingerprint density at radius 1 is 0.963 bits per heavy atom. The van der Waals surface area contributed by atoms with Gasteiger partial charge in [0.05, 0.1) is 9.77 Å². The van der Waals surface area contributed by atoms with E-state index >= 15 is 0 Å². The van der Waals surface area contributed by atoms with E-state index < -0.39 is 10.0 Å². The normalized spacial score (nSPS) is 11.2. The Hall–Kier alpha value is -2.64. The average Bonchev–Trinajstić information content (AvgIpc) is 3.12. The topological polar surface area (TPSA) is 75.3 Å². The van der Waals surface area contributed by atoms with E-state index in [2.05, 4.69) is 10.0 Å². The van der Waals surface area contributed by atoms with Crippen molar-refractivity contribution in [2.75, 3.05) is 10.0 Å². The van der Waals surface area contributed by atoms with Crippen molar-refractivity contribution < 1.29 is 13.2 Å². The summed E-state index contributed by atoms with van der Waals surface area (Å²) in [6.07, 6.45) is 0.798. The zero-order chi connectivity index (χ0) is 19.4.